The predicted molar refractivity (Wildman–Crippen MR) is 98.0 cm³/mol. The summed E-state index contributed by atoms with van der Waals surface area (Å²) >= 11 is 0. The lowest BCUT2D eigenvalue weighted by atomic mass is 10.3. The first-order valence-corrected chi connectivity index (χ1v) is 9.55. The summed E-state index contributed by atoms with van der Waals surface area (Å²) in [5, 5.41) is 13.0. The van der Waals surface area contributed by atoms with Gasteiger partial charge >= 0.3 is 0 Å². The van der Waals surface area contributed by atoms with Crippen LogP contribution in [-0.2, 0) is 0 Å². The van der Waals surface area contributed by atoms with Crippen LogP contribution in [0.15, 0.2) is 84.9 Å². The quantitative estimate of drug-likeness (QED) is 0.548. The molecular formula is C20H20O2Si. The average molecular weight is 320 g/mol. The van der Waals surface area contributed by atoms with Crippen molar-refractivity contribution in [2.45, 2.75) is 0 Å². The first kappa shape index (κ1) is 15.5. The zero-order valence-corrected chi connectivity index (χ0v) is 14.1. The van der Waals surface area contributed by atoms with Gasteiger partial charge in [0.2, 0.25) is 0 Å². The highest BCUT2D eigenvalue weighted by molar-refractivity contribution is 6.95. The maximum Gasteiger partial charge on any atom is 0.132 e. The van der Waals surface area contributed by atoms with Gasteiger partial charge in [-0.15, -0.1) is 0 Å². The molecule has 2 nitrogen and oxygen atoms in total. The Bertz CT molecular complexity index is 672. The lowest BCUT2D eigenvalue weighted by molar-refractivity contribution is 0.201. The van der Waals surface area contributed by atoms with Crippen LogP contribution >= 0.6 is 0 Å². The molecule has 0 aromatic heterocycles. The molecule has 23 heavy (non-hydrogen) atoms. The van der Waals surface area contributed by atoms with E-state index in [9.17, 15) is 0 Å². The van der Waals surface area contributed by atoms with Gasteiger partial charge in [0.15, 0.2) is 0 Å². The molecule has 0 aliphatic heterocycles. The van der Waals surface area contributed by atoms with Crippen molar-refractivity contribution in [1.29, 1.82) is 0 Å². The second-order valence-corrected chi connectivity index (χ2v) is 8.26. The molecule has 0 atom stereocenters. The van der Waals surface area contributed by atoms with Gasteiger partial charge in [-0.2, -0.15) is 0 Å². The summed E-state index contributed by atoms with van der Waals surface area (Å²) in [6, 6.07) is 29.8. The third-order valence-electron chi connectivity index (χ3n) is 3.84. The van der Waals surface area contributed by atoms with E-state index >= 15 is 0 Å². The molecule has 0 fully saturated rings. The number of aliphatic hydroxyl groups excluding tert-OH is 1. The standard InChI is InChI=1S/C20H20O2Si/c21-15-16-22-17-11-13-20(14-12-17)23(18-7-3-1-4-8-18)19-9-5-2-6-10-19/h1-14,21,23H,15-16H2. The summed E-state index contributed by atoms with van der Waals surface area (Å²) in [6.45, 7) is 0.366. The van der Waals surface area contributed by atoms with E-state index in [1.165, 1.54) is 15.6 Å². The molecule has 3 aromatic carbocycles. The SMILES string of the molecule is OCCOc1ccc([SiH](c2ccccc2)c2ccccc2)cc1. The Morgan fingerprint density at radius 3 is 1.61 bits per heavy atom. The normalized spacial score (nSPS) is 10.7. The summed E-state index contributed by atoms with van der Waals surface area (Å²) in [5.41, 5.74) is 0. The van der Waals surface area contributed by atoms with Gasteiger partial charge in [-0.1, -0.05) is 88.4 Å². The van der Waals surface area contributed by atoms with Crippen molar-refractivity contribution in [3.63, 3.8) is 0 Å². The third kappa shape index (κ3) is 3.89. The minimum atomic E-state index is -1.46. The fourth-order valence-electron chi connectivity index (χ4n) is 2.79. The molecule has 116 valence electrons. The summed E-state index contributed by atoms with van der Waals surface area (Å²) in [4.78, 5) is 0. The molecule has 0 bridgehead atoms. The van der Waals surface area contributed by atoms with Gasteiger partial charge in [0.1, 0.15) is 21.2 Å². The molecule has 0 aliphatic carbocycles. The zero-order valence-electron chi connectivity index (χ0n) is 12.9. The van der Waals surface area contributed by atoms with Crippen LogP contribution in [0, 0.1) is 0 Å². The molecule has 3 aromatic rings. The third-order valence-corrected chi connectivity index (χ3v) is 6.99. The highest BCUT2D eigenvalue weighted by atomic mass is 28.3. The average Bonchev–Trinajstić information content (AvgIpc) is 2.63. The van der Waals surface area contributed by atoms with E-state index in [0.717, 1.165) is 5.75 Å². The van der Waals surface area contributed by atoms with Crippen LogP contribution in [0.3, 0.4) is 0 Å². The Labute approximate surface area is 138 Å². The molecule has 0 amide bonds. The number of rotatable bonds is 6. The van der Waals surface area contributed by atoms with Crippen molar-refractivity contribution in [3.8, 4) is 5.75 Å². The largest absolute Gasteiger partial charge is 0.491 e. The molecule has 0 aliphatic rings. The Hall–Kier alpha value is -2.36. The second kappa shape index (κ2) is 7.77. The van der Waals surface area contributed by atoms with E-state index in [2.05, 4.69) is 72.8 Å². The van der Waals surface area contributed by atoms with E-state index in [0.29, 0.717) is 6.61 Å². The van der Waals surface area contributed by atoms with Crippen LogP contribution in [-0.4, -0.2) is 27.1 Å². The van der Waals surface area contributed by atoms with Gasteiger partial charge in [0.05, 0.1) is 6.61 Å². The van der Waals surface area contributed by atoms with E-state index in [1.807, 2.05) is 12.1 Å². The van der Waals surface area contributed by atoms with E-state index < -0.39 is 8.80 Å². The lowest BCUT2D eigenvalue weighted by Crippen LogP contribution is -2.51. The van der Waals surface area contributed by atoms with E-state index in [-0.39, 0.29) is 6.61 Å². The summed E-state index contributed by atoms with van der Waals surface area (Å²) < 4.78 is 5.47. The topological polar surface area (TPSA) is 29.5 Å². The Morgan fingerprint density at radius 1 is 0.652 bits per heavy atom. The molecular weight excluding hydrogens is 300 g/mol. The minimum Gasteiger partial charge on any atom is -0.491 e. The van der Waals surface area contributed by atoms with Gasteiger partial charge in [-0.25, -0.2) is 0 Å². The molecule has 0 heterocycles. The van der Waals surface area contributed by atoms with Crippen molar-refractivity contribution < 1.29 is 9.84 Å². The molecule has 0 spiro atoms. The summed E-state index contributed by atoms with van der Waals surface area (Å²) in [6.07, 6.45) is 0. The smallest absolute Gasteiger partial charge is 0.132 e. The minimum absolute atomic E-state index is 0.0349. The fraction of sp³-hybridized carbons (Fsp3) is 0.100. The Balaban J connectivity index is 1.96. The van der Waals surface area contributed by atoms with Gasteiger partial charge in [0.25, 0.3) is 0 Å². The van der Waals surface area contributed by atoms with Gasteiger partial charge in [-0.3, -0.25) is 0 Å². The maximum atomic E-state index is 8.85. The molecule has 3 rings (SSSR count). The van der Waals surface area contributed by atoms with Crippen LogP contribution in [0.4, 0.5) is 0 Å². The molecule has 0 unspecified atom stereocenters. The fourth-order valence-corrected chi connectivity index (χ4v) is 5.73. The Kier molecular flexibility index (Phi) is 5.24. The van der Waals surface area contributed by atoms with Crippen LogP contribution in [0.1, 0.15) is 0 Å². The van der Waals surface area contributed by atoms with Crippen LogP contribution in [0.25, 0.3) is 0 Å². The Morgan fingerprint density at radius 2 is 1.13 bits per heavy atom. The van der Waals surface area contributed by atoms with E-state index in [4.69, 9.17) is 9.84 Å². The molecule has 0 saturated heterocycles. The molecule has 3 heteroatoms. The number of ether oxygens (including phenoxy) is 1. The number of hydrogen-bond donors (Lipinski definition) is 1. The second-order valence-electron chi connectivity index (χ2n) is 5.40. The van der Waals surface area contributed by atoms with Gasteiger partial charge < -0.3 is 9.84 Å². The molecule has 0 radical (unpaired) electrons. The number of hydrogen-bond acceptors (Lipinski definition) is 2. The highest BCUT2D eigenvalue weighted by Crippen LogP contribution is 2.08. The zero-order chi connectivity index (χ0) is 15.9. The maximum absolute atomic E-state index is 8.85. The molecule has 0 saturated carbocycles. The van der Waals surface area contributed by atoms with Crippen molar-refractivity contribution in [1.82, 2.24) is 0 Å². The predicted octanol–water partition coefficient (Wildman–Crippen LogP) is 1.31. The first-order valence-electron chi connectivity index (χ1n) is 7.82. The number of aliphatic hydroxyl groups is 1. The monoisotopic (exact) mass is 320 g/mol. The van der Waals surface area contributed by atoms with Crippen LogP contribution < -0.4 is 20.3 Å². The number of benzene rings is 3. The first-order chi connectivity index (χ1) is 11.4. The van der Waals surface area contributed by atoms with Crippen LogP contribution in [0.2, 0.25) is 0 Å². The lowest BCUT2D eigenvalue weighted by Gasteiger charge is -2.17. The van der Waals surface area contributed by atoms with Crippen molar-refractivity contribution in [3.05, 3.63) is 84.9 Å². The van der Waals surface area contributed by atoms with Crippen molar-refractivity contribution in [2.24, 2.45) is 0 Å². The highest BCUT2D eigenvalue weighted by Gasteiger charge is 2.18. The van der Waals surface area contributed by atoms with Gasteiger partial charge in [-0.05, 0) is 12.1 Å². The van der Waals surface area contributed by atoms with Crippen molar-refractivity contribution in [2.75, 3.05) is 13.2 Å². The summed E-state index contributed by atoms with van der Waals surface area (Å²) in [7, 11) is -1.46. The van der Waals surface area contributed by atoms with Crippen LogP contribution in [0.5, 0.6) is 5.75 Å². The van der Waals surface area contributed by atoms with Gasteiger partial charge in [0, 0.05) is 0 Å². The molecule has 1 N–H and O–H groups in total. The van der Waals surface area contributed by atoms with E-state index in [1.54, 1.807) is 0 Å². The van der Waals surface area contributed by atoms with Crippen molar-refractivity contribution >= 4 is 24.4 Å². The summed E-state index contributed by atoms with van der Waals surface area (Å²) in [5.74, 6) is 0.802.